The van der Waals surface area contributed by atoms with Crippen LogP contribution >= 0.6 is 15.9 Å². The fraction of sp³-hybridized carbons (Fsp3) is 0.500. The molecule has 1 heterocycles. The number of amides is 1. The van der Waals surface area contributed by atoms with Crippen LogP contribution in [0.2, 0.25) is 0 Å². The third kappa shape index (κ3) is 2.93. The molecule has 2 unspecified atom stereocenters. The van der Waals surface area contributed by atoms with Crippen molar-refractivity contribution in [2.24, 2.45) is 0 Å². The van der Waals surface area contributed by atoms with E-state index in [-0.39, 0.29) is 5.91 Å². The summed E-state index contributed by atoms with van der Waals surface area (Å²) in [5.74, 6) is 0.116. The normalized spacial score (nSPS) is 24.1. The Labute approximate surface area is 117 Å². The summed E-state index contributed by atoms with van der Waals surface area (Å²) in [6.07, 6.45) is 0. The Morgan fingerprint density at radius 2 is 1.94 bits per heavy atom. The first-order valence-corrected chi connectivity index (χ1v) is 7.08. The standard InChI is InChI=1S/C14H19BrN2O/c1-9-4-5-13(15)12(6-9)14(18)17-7-10(2)16-11(3)8-17/h4-6,10-11,16H,7-8H2,1-3H3. The molecule has 1 amide bonds. The summed E-state index contributed by atoms with van der Waals surface area (Å²) >= 11 is 3.46. The highest BCUT2D eigenvalue weighted by Gasteiger charge is 2.26. The lowest BCUT2D eigenvalue weighted by atomic mass is 10.1. The Balaban J connectivity index is 2.22. The molecule has 1 aromatic carbocycles. The van der Waals surface area contributed by atoms with E-state index in [1.165, 1.54) is 0 Å². The Morgan fingerprint density at radius 1 is 1.33 bits per heavy atom. The van der Waals surface area contributed by atoms with Crippen LogP contribution in [0.25, 0.3) is 0 Å². The lowest BCUT2D eigenvalue weighted by Gasteiger charge is -2.36. The van der Waals surface area contributed by atoms with Gasteiger partial charge in [-0.15, -0.1) is 0 Å². The number of nitrogens with one attached hydrogen (secondary N) is 1. The van der Waals surface area contributed by atoms with Crippen LogP contribution in [0.1, 0.15) is 29.8 Å². The van der Waals surface area contributed by atoms with Gasteiger partial charge in [0.05, 0.1) is 5.56 Å². The molecule has 1 N–H and O–H groups in total. The second kappa shape index (κ2) is 5.41. The molecule has 0 aromatic heterocycles. The molecule has 98 valence electrons. The van der Waals surface area contributed by atoms with E-state index >= 15 is 0 Å². The zero-order valence-corrected chi connectivity index (χ0v) is 12.6. The van der Waals surface area contributed by atoms with Gasteiger partial charge in [0.15, 0.2) is 0 Å². The molecule has 2 rings (SSSR count). The maximum Gasteiger partial charge on any atom is 0.255 e. The molecular weight excluding hydrogens is 292 g/mol. The van der Waals surface area contributed by atoms with Crippen molar-refractivity contribution in [2.45, 2.75) is 32.9 Å². The summed E-state index contributed by atoms with van der Waals surface area (Å²) < 4.78 is 0.872. The van der Waals surface area contributed by atoms with Crippen LogP contribution in [0.5, 0.6) is 0 Å². The highest BCUT2D eigenvalue weighted by molar-refractivity contribution is 9.10. The van der Waals surface area contributed by atoms with Crippen LogP contribution in [-0.2, 0) is 0 Å². The SMILES string of the molecule is Cc1ccc(Br)c(C(=O)N2CC(C)NC(C)C2)c1. The summed E-state index contributed by atoms with van der Waals surface area (Å²) in [7, 11) is 0. The monoisotopic (exact) mass is 310 g/mol. The first-order valence-electron chi connectivity index (χ1n) is 6.29. The molecule has 0 bridgehead atoms. The van der Waals surface area contributed by atoms with Crippen molar-refractivity contribution in [1.29, 1.82) is 0 Å². The van der Waals surface area contributed by atoms with Gasteiger partial charge in [0.1, 0.15) is 0 Å². The minimum atomic E-state index is 0.116. The molecule has 0 saturated carbocycles. The Bertz CT molecular complexity index is 451. The van der Waals surface area contributed by atoms with Crippen molar-refractivity contribution >= 4 is 21.8 Å². The summed E-state index contributed by atoms with van der Waals surface area (Å²) in [4.78, 5) is 14.5. The highest BCUT2D eigenvalue weighted by atomic mass is 79.9. The number of rotatable bonds is 1. The number of nitrogens with zero attached hydrogens (tertiary/aromatic N) is 1. The summed E-state index contributed by atoms with van der Waals surface area (Å²) in [6.45, 7) is 7.77. The van der Waals surface area contributed by atoms with Gasteiger partial charge in [-0.3, -0.25) is 4.79 Å². The Kier molecular flexibility index (Phi) is 4.07. The summed E-state index contributed by atoms with van der Waals surface area (Å²) in [5.41, 5.74) is 1.87. The minimum absolute atomic E-state index is 0.116. The average Bonchev–Trinajstić information content (AvgIpc) is 2.30. The molecule has 1 aromatic rings. The number of carbonyl (C=O) groups excluding carboxylic acids is 1. The maximum atomic E-state index is 12.5. The van der Waals surface area contributed by atoms with Crippen molar-refractivity contribution in [3.63, 3.8) is 0 Å². The topological polar surface area (TPSA) is 32.3 Å². The number of benzene rings is 1. The molecule has 0 radical (unpaired) electrons. The van der Waals surface area contributed by atoms with Crippen LogP contribution in [0.3, 0.4) is 0 Å². The van der Waals surface area contributed by atoms with Gasteiger partial charge in [-0.2, -0.15) is 0 Å². The van der Waals surface area contributed by atoms with Gasteiger partial charge < -0.3 is 10.2 Å². The summed E-state index contributed by atoms with van der Waals surface area (Å²) in [6, 6.07) is 6.59. The predicted octanol–water partition coefficient (Wildman–Crippen LogP) is 2.58. The van der Waals surface area contributed by atoms with E-state index in [1.54, 1.807) is 0 Å². The number of halogens is 1. The Morgan fingerprint density at radius 3 is 2.56 bits per heavy atom. The predicted molar refractivity (Wildman–Crippen MR) is 76.8 cm³/mol. The molecule has 2 atom stereocenters. The number of aryl methyl sites for hydroxylation is 1. The van der Waals surface area contributed by atoms with Crippen LogP contribution in [0, 0.1) is 6.92 Å². The van der Waals surface area contributed by atoms with E-state index in [2.05, 4.69) is 35.1 Å². The van der Waals surface area contributed by atoms with Crippen LogP contribution < -0.4 is 5.32 Å². The molecule has 4 heteroatoms. The van der Waals surface area contributed by atoms with Crippen LogP contribution in [-0.4, -0.2) is 36.0 Å². The molecule has 18 heavy (non-hydrogen) atoms. The molecular formula is C14H19BrN2O. The lowest BCUT2D eigenvalue weighted by molar-refractivity contribution is 0.0673. The first kappa shape index (κ1) is 13.6. The second-order valence-electron chi connectivity index (χ2n) is 5.16. The second-order valence-corrected chi connectivity index (χ2v) is 6.02. The van der Waals surface area contributed by atoms with E-state index in [1.807, 2.05) is 30.0 Å². The van der Waals surface area contributed by atoms with Gasteiger partial charge in [0.2, 0.25) is 0 Å². The number of hydrogen-bond acceptors (Lipinski definition) is 2. The van der Waals surface area contributed by atoms with Crippen molar-refractivity contribution < 1.29 is 4.79 Å². The Hall–Kier alpha value is -0.870. The van der Waals surface area contributed by atoms with Gasteiger partial charge in [0, 0.05) is 29.6 Å². The number of hydrogen-bond donors (Lipinski definition) is 1. The van der Waals surface area contributed by atoms with Crippen LogP contribution in [0.15, 0.2) is 22.7 Å². The van der Waals surface area contributed by atoms with Gasteiger partial charge in [-0.1, -0.05) is 11.6 Å². The largest absolute Gasteiger partial charge is 0.336 e. The molecule has 3 nitrogen and oxygen atoms in total. The highest BCUT2D eigenvalue weighted by Crippen LogP contribution is 2.21. The summed E-state index contributed by atoms with van der Waals surface area (Å²) in [5, 5.41) is 3.44. The van der Waals surface area contributed by atoms with Crippen molar-refractivity contribution in [1.82, 2.24) is 10.2 Å². The van der Waals surface area contributed by atoms with Crippen molar-refractivity contribution in [3.8, 4) is 0 Å². The molecule has 1 fully saturated rings. The molecule has 1 saturated heterocycles. The number of piperazine rings is 1. The van der Waals surface area contributed by atoms with Gasteiger partial charge in [-0.05, 0) is 48.8 Å². The van der Waals surface area contributed by atoms with E-state index in [0.717, 1.165) is 28.7 Å². The van der Waals surface area contributed by atoms with E-state index in [0.29, 0.717) is 12.1 Å². The lowest BCUT2D eigenvalue weighted by Crippen LogP contribution is -2.55. The van der Waals surface area contributed by atoms with Crippen LogP contribution in [0.4, 0.5) is 0 Å². The third-order valence-electron chi connectivity index (χ3n) is 3.20. The first-order chi connectivity index (χ1) is 8.47. The van der Waals surface area contributed by atoms with Gasteiger partial charge >= 0.3 is 0 Å². The van der Waals surface area contributed by atoms with E-state index < -0.39 is 0 Å². The smallest absolute Gasteiger partial charge is 0.255 e. The van der Waals surface area contributed by atoms with Crippen molar-refractivity contribution in [3.05, 3.63) is 33.8 Å². The van der Waals surface area contributed by atoms with E-state index in [4.69, 9.17) is 0 Å². The minimum Gasteiger partial charge on any atom is -0.336 e. The zero-order chi connectivity index (χ0) is 13.3. The molecule has 1 aliphatic heterocycles. The molecule has 0 aliphatic carbocycles. The quantitative estimate of drug-likeness (QED) is 0.864. The molecule has 1 aliphatic rings. The molecule has 0 spiro atoms. The number of carbonyl (C=O) groups is 1. The third-order valence-corrected chi connectivity index (χ3v) is 3.89. The average molecular weight is 311 g/mol. The maximum absolute atomic E-state index is 12.5. The zero-order valence-electron chi connectivity index (χ0n) is 11.0. The van der Waals surface area contributed by atoms with E-state index in [9.17, 15) is 4.79 Å². The fourth-order valence-electron chi connectivity index (χ4n) is 2.47. The van der Waals surface area contributed by atoms with Gasteiger partial charge in [0.25, 0.3) is 5.91 Å². The fourth-order valence-corrected chi connectivity index (χ4v) is 2.88. The van der Waals surface area contributed by atoms with Crippen molar-refractivity contribution in [2.75, 3.05) is 13.1 Å². The van der Waals surface area contributed by atoms with Gasteiger partial charge in [-0.25, -0.2) is 0 Å².